The molecule has 1 N–H and O–H groups in total. The summed E-state index contributed by atoms with van der Waals surface area (Å²) in [5.41, 5.74) is 2.83. The topological polar surface area (TPSA) is 87.4 Å². The van der Waals surface area contributed by atoms with Crippen molar-refractivity contribution < 1.29 is 9.21 Å². The maximum Gasteiger partial charge on any atom is 0.321 e. The first-order chi connectivity index (χ1) is 15.1. The number of aromatic nitrogens is 3. The van der Waals surface area contributed by atoms with Crippen LogP contribution in [0.3, 0.4) is 0 Å². The lowest BCUT2D eigenvalue weighted by atomic mass is 10.1. The first-order valence-electron chi connectivity index (χ1n) is 10.7. The van der Waals surface area contributed by atoms with E-state index in [-0.39, 0.29) is 11.9 Å². The standard InChI is InChI=1S/C23H28N6O2/c1-4-17-8-5-6-10-19(17)25-23(30)29-14-12-28(13-15-29)20-18(9-7-11-24-20)22-27-26-21(31-22)16(2)3/h5-11,16H,4,12-15H2,1-3H3,(H,25,30). The summed E-state index contributed by atoms with van der Waals surface area (Å²) in [6.07, 6.45) is 2.64. The van der Waals surface area contributed by atoms with Gasteiger partial charge in [0.05, 0.1) is 5.56 Å². The molecule has 4 rings (SSSR count). The SMILES string of the molecule is CCc1ccccc1NC(=O)N1CCN(c2ncccc2-c2nnc(C(C)C)o2)CC1. The van der Waals surface area contributed by atoms with Crippen molar-refractivity contribution in [2.75, 3.05) is 36.4 Å². The largest absolute Gasteiger partial charge is 0.420 e. The van der Waals surface area contributed by atoms with Crippen molar-refractivity contribution in [1.29, 1.82) is 0 Å². The maximum atomic E-state index is 12.8. The molecule has 2 aromatic heterocycles. The Bertz CT molecular complexity index is 1040. The summed E-state index contributed by atoms with van der Waals surface area (Å²) in [5.74, 6) is 2.06. The van der Waals surface area contributed by atoms with Gasteiger partial charge in [-0.25, -0.2) is 9.78 Å². The Labute approximate surface area is 182 Å². The molecule has 0 unspecified atom stereocenters. The van der Waals surface area contributed by atoms with Gasteiger partial charge >= 0.3 is 6.03 Å². The first-order valence-corrected chi connectivity index (χ1v) is 10.7. The number of hydrogen-bond acceptors (Lipinski definition) is 6. The van der Waals surface area contributed by atoms with Crippen molar-refractivity contribution in [2.45, 2.75) is 33.1 Å². The van der Waals surface area contributed by atoms with Gasteiger partial charge in [0, 0.05) is 44.0 Å². The van der Waals surface area contributed by atoms with Crippen molar-refractivity contribution >= 4 is 17.5 Å². The molecule has 0 aliphatic carbocycles. The molecule has 8 nitrogen and oxygen atoms in total. The number of nitrogens with zero attached hydrogens (tertiary/aromatic N) is 5. The van der Waals surface area contributed by atoms with Crippen LogP contribution >= 0.6 is 0 Å². The Hall–Kier alpha value is -3.42. The molecule has 2 amide bonds. The van der Waals surface area contributed by atoms with Crippen molar-refractivity contribution in [3.63, 3.8) is 0 Å². The average Bonchev–Trinajstić information content (AvgIpc) is 3.30. The number of aryl methyl sites for hydroxylation is 1. The minimum Gasteiger partial charge on any atom is -0.420 e. The Morgan fingerprint density at radius 3 is 2.58 bits per heavy atom. The van der Waals surface area contributed by atoms with Crippen LogP contribution in [-0.4, -0.2) is 52.3 Å². The summed E-state index contributed by atoms with van der Waals surface area (Å²) in [4.78, 5) is 21.4. The van der Waals surface area contributed by atoms with E-state index in [4.69, 9.17) is 4.42 Å². The number of hydrogen-bond donors (Lipinski definition) is 1. The van der Waals surface area contributed by atoms with Crippen LogP contribution in [-0.2, 0) is 6.42 Å². The number of carbonyl (C=O) groups is 1. The molecule has 3 heterocycles. The molecular weight excluding hydrogens is 392 g/mol. The Balaban J connectivity index is 1.44. The Morgan fingerprint density at radius 2 is 1.87 bits per heavy atom. The van der Waals surface area contributed by atoms with Gasteiger partial charge in [0.25, 0.3) is 5.89 Å². The molecule has 0 saturated carbocycles. The number of piperazine rings is 1. The van der Waals surface area contributed by atoms with E-state index in [9.17, 15) is 4.79 Å². The van der Waals surface area contributed by atoms with Gasteiger partial charge in [-0.05, 0) is 30.2 Å². The number of amides is 2. The minimum absolute atomic E-state index is 0.0692. The number of pyridine rings is 1. The molecule has 8 heteroatoms. The fraction of sp³-hybridized carbons (Fsp3) is 0.391. The highest BCUT2D eigenvalue weighted by Gasteiger charge is 2.25. The second-order valence-electron chi connectivity index (χ2n) is 7.89. The minimum atomic E-state index is -0.0692. The summed E-state index contributed by atoms with van der Waals surface area (Å²) in [6, 6.07) is 11.7. The first kappa shape index (κ1) is 20.8. The molecular formula is C23H28N6O2. The summed E-state index contributed by atoms with van der Waals surface area (Å²) in [6.45, 7) is 8.70. The third kappa shape index (κ3) is 4.52. The van der Waals surface area contributed by atoms with E-state index >= 15 is 0 Å². The van der Waals surface area contributed by atoms with Crippen LogP contribution < -0.4 is 10.2 Å². The molecule has 3 aromatic rings. The van der Waals surface area contributed by atoms with Gasteiger partial charge < -0.3 is 19.5 Å². The molecule has 0 radical (unpaired) electrons. The zero-order valence-corrected chi connectivity index (χ0v) is 18.2. The molecule has 0 spiro atoms. The van der Waals surface area contributed by atoms with Gasteiger partial charge in [0.2, 0.25) is 5.89 Å². The summed E-state index contributed by atoms with van der Waals surface area (Å²) in [7, 11) is 0. The smallest absolute Gasteiger partial charge is 0.321 e. The third-order valence-corrected chi connectivity index (χ3v) is 5.46. The highest BCUT2D eigenvalue weighted by Crippen LogP contribution is 2.29. The van der Waals surface area contributed by atoms with Crippen molar-refractivity contribution in [3.05, 3.63) is 54.0 Å². The summed E-state index contributed by atoms with van der Waals surface area (Å²) in [5, 5.41) is 11.4. The normalized spacial score (nSPS) is 14.2. The van der Waals surface area contributed by atoms with Crippen molar-refractivity contribution in [3.8, 4) is 11.5 Å². The van der Waals surface area contributed by atoms with Gasteiger partial charge in [0.1, 0.15) is 5.82 Å². The number of para-hydroxylation sites is 1. The van der Waals surface area contributed by atoms with E-state index in [1.54, 1.807) is 6.20 Å². The molecule has 0 bridgehead atoms. The molecule has 162 valence electrons. The van der Waals surface area contributed by atoms with E-state index in [1.807, 2.05) is 55.1 Å². The van der Waals surface area contributed by atoms with Crippen molar-refractivity contribution in [1.82, 2.24) is 20.1 Å². The van der Waals surface area contributed by atoms with Gasteiger partial charge in [0.15, 0.2) is 0 Å². The Kier molecular flexibility index (Phi) is 6.16. The number of benzene rings is 1. The van der Waals surface area contributed by atoms with Gasteiger partial charge in [-0.3, -0.25) is 0 Å². The second kappa shape index (κ2) is 9.16. The number of anilines is 2. The maximum absolute atomic E-state index is 12.8. The lowest BCUT2D eigenvalue weighted by Crippen LogP contribution is -2.50. The van der Waals surface area contributed by atoms with Gasteiger partial charge in [-0.15, -0.1) is 10.2 Å². The van der Waals surface area contributed by atoms with Crippen LogP contribution in [0.1, 0.15) is 38.1 Å². The van der Waals surface area contributed by atoms with Crippen LogP contribution in [0.2, 0.25) is 0 Å². The quantitative estimate of drug-likeness (QED) is 0.667. The molecule has 31 heavy (non-hydrogen) atoms. The van der Waals surface area contributed by atoms with E-state index in [0.29, 0.717) is 38.0 Å². The highest BCUT2D eigenvalue weighted by atomic mass is 16.4. The van der Waals surface area contributed by atoms with Crippen LogP contribution in [0.15, 0.2) is 47.0 Å². The number of carbonyl (C=O) groups excluding carboxylic acids is 1. The molecule has 0 atom stereocenters. The number of nitrogens with one attached hydrogen (secondary N) is 1. The zero-order valence-electron chi connectivity index (χ0n) is 18.2. The van der Waals surface area contributed by atoms with Crippen LogP contribution in [0.5, 0.6) is 0 Å². The lowest BCUT2D eigenvalue weighted by Gasteiger charge is -2.36. The second-order valence-corrected chi connectivity index (χ2v) is 7.89. The molecule has 1 aromatic carbocycles. The number of rotatable bonds is 5. The predicted molar refractivity (Wildman–Crippen MR) is 120 cm³/mol. The predicted octanol–water partition coefficient (Wildman–Crippen LogP) is 4.17. The highest BCUT2D eigenvalue weighted by molar-refractivity contribution is 5.90. The monoisotopic (exact) mass is 420 g/mol. The van der Waals surface area contributed by atoms with E-state index < -0.39 is 0 Å². The van der Waals surface area contributed by atoms with Crippen LogP contribution in [0.4, 0.5) is 16.3 Å². The van der Waals surface area contributed by atoms with Crippen LogP contribution in [0.25, 0.3) is 11.5 Å². The van der Waals surface area contributed by atoms with Gasteiger partial charge in [-0.1, -0.05) is 39.0 Å². The van der Waals surface area contributed by atoms with Crippen molar-refractivity contribution in [2.24, 2.45) is 0 Å². The van der Waals surface area contributed by atoms with Crippen LogP contribution in [0, 0.1) is 0 Å². The molecule has 1 aliphatic heterocycles. The van der Waals surface area contributed by atoms with E-state index in [2.05, 4.69) is 32.3 Å². The summed E-state index contributed by atoms with van der Waals surface area (Å²) >= 11 is 0. The average molecular weight is 421 g/mol. The fourth-order valence-corrected chi connectivity index (χ4v) is 3.66. The van der Waals surface area contributed by atoms with Gasteiger partial charge in [-0.2, -0.15) is 0 Å². The Morgan fingerprint density at radius 1 is 1.10 bits per heavy atom. The molecule has 1 aliphatic rings. The molecule has 1 saturated heterocycles. The number of urea groups is 1. The zero-order chi connectivity index (χ0) is 21.8. The lowest BCUT2D eigenvalue weighted by molar-refractivity contribution is 0.208. The van der Waals surface area contributed by atoms with E-state index in [0.717, 1.165) is 29.1 Å². The van der Waals surface area contributed by atoms with E-state index in [1.165, 1.54) is 0 Å². The molecule has 1 fully saturated rings. The fourth-order valence-electron chi connectivity index (χ4n) is 3.66. The third-order valence-electron chi connectivity index (χ3n) is 5.46. The summed E-state index contributed by atoms with van der Waals surface area (Å²) < 4.78 is 5.85.